The third-order valence-electron chi connectivity index (χ3n) is 1.82. The zero-order valence-corrected chi connectivity index (χ0v) is 8.26. The van der Waals surface area contributed by atoms with E-state index in [1.54, 1.807) is 0 Å². The van der Waals surface area contributed by atoms with Gasteiger partial charge in [0, 0.05) is 19.2 Å². The minimum atomic E-state index is 0.625. The second-order valence-corrected chi connectivity index (χ2v) is 3.19. The first-order valence-electron chi connectivity index (χ1n) is 4.46. The number of ether oxygens (including phenoxy) is 1. The Balaban J connectivity index is 3.10. The monoisotopic (exact) mass is 159 g/mol. The third-order valence-corrected chi connectivity index (χ3v) is 1.82. The highest BCUT2D eigenvalue weighted by atomic mass is 16.5. The Morgan fingerprint density at radius 2 is 1.91 bits per heavy atom. The van der Waals surface area contributed by atoms with Crippen molar-refractivity contribution in [3.8, 4) is 0 Å². The van der Waals surface area contributed by atoms with E-state index < -0.39 is 0 Å². The predicted molar refractivity (Wildman–Crippen MR) is 48.9 cm³/mol. The fourth-order valence-corrected chi connectivity index (χ4v) is 0.713. The van der Waals surface area contributed by atoms with E-state index in [9.17, 15) is 0 Å². The van der Waals surface area contributed by atoms with Crippen LogP contribution in [0.5, 0.6) is 0 Å². The van der Waals surface area contributed by atoms with Gasteiger partial charge in [0.25, 0.3) is 0 Å². The fourth-order valence-electron chi connectivity index (χ4n) is 0.713. The van der Waals surface area contributed by atoms with Gasteiger partial charge >= 0.3 is 0 Å². The number of hydrogen-bond donors (Lipinski definition) is 0. The SMILES string of the molecule is CCCOCCN(C)C(C)C. The largest absolute Gasteiger partial charge is 0.380 e. The number of likely N-dealkylation sites (N-methyl/N-ethyl adjacent to an activating group) is 1. The van der Waals surface area contributed by atoms with Gasteiger partial charge in [-0.05, 0) is 27.3 Å². The van der Waals surface area contributed by atoms with E-state index in [2.05, 4.69) is 32.7 Å². The lowest BCUT2D eigenvalue weighted by atomic mass is 10.3. The van der Waals surface area contributed by atoms with Gasteiger partial charge in [-0.1, -0.05) is 6.92 Å². The third kappa shape index (κ3) is 6.32. The molecule has 2 nitrogen and oxygen atoms in total. The van der Waals surface area contributed by atoms with Crippen molar-refractivity contribution in [2.24, 2.45) is 0 Å². The summed E-state index contributed by atoms with van der Waals surface area (Å²) in [5.74, 6) is 0. The van der Waals surface area contributed by atoms with Gasteiger partial charge in [0.05, 0.1) is 6.61 Å². The Kier molecular flexibility index (Phi) is 6.57. The van der Waals surface area contributed by atoms with Gasteiger partial charge in [-0.15, -0.1) is 0 Å². The van der Waals surface area contributed by atoms with Crippen LogP contribution in [0.2, 0.25) is 0 Å². The summed E-state index contributed by atoms with van der Waals surface area (Å²) in [6.45, 7) is 9.32. The summed E-state index contributed by atoms with van der Waals surface area (Å²) in [7, 11) is 2.12. The second-order valence-electron chi connectivity index (χ2n) is 3.19. The smallest absolute Gasteiger partial charge is 0.0593 e. The number of nitrogens with zero attached hydrogens (tertiary/aromatic N) is 1. The average Bonchev–Trinajstić information content (AvgIpc) is 1.97. The zero-order chi connectivity index (χ0) is 8.69. The molecule has 68 valence electrons. The fraction of sp³-hybridized carbons (Fsp3) is 1.00. The van der Waals surface area contributed by atoms with Crippen molar-refractivity contribution in [2.75, 3.05) is 26.8 Å². The van der Waals surface area contributed by atoms with Crippen molar-refractivity contribution >= 4 is 0 Å². The summed E-state index contributed by atoms with van der Waals surface area (Å²) in [6.07, 6.45) is 1.12. The van der Waals surface area contributed by atoms with Gasteiger partial charge < -0.3 is 9.64 Å². The molecule has 0 unspecified atom stereocenters. The molecule has 0 saturated heterocycles. The minimum absolute atomic E-state index is 0.625. The van der Waals surface area contributed by atoms with Gasteiger partial charge in [-0.2, -0.15) is 0 Å². The van der Waals surface area contributed by atoms with Crippen LogP contribution in [-0.2, 0) is 4.74 Å². The highest BCUT2D eigenvalue weighted by Crippen LogP contribution is 1.92. The lowest BCUT2D eigenvalue weighted by molar-refractivity contribution is 0.104. The van der Waals surface area contributed by atoms with Crippen molar-refractivity contribution in [1.82, 2.24) is 4.90 Å². The number of hydrogen-bond acceptors (Lipinski definition) is 2. The van der Waals surface area contributed by atoms with Gasteiger partial charge in [0.1, 0.15) is 0 Å². The number of rotatable bonds is 6. The highest BCUT2D eigenvalue weighted by molar-refractivity contribution is 4.54. The standard InChI is InChI=1S/C9H21NO/c1-5-7-11-8-6-10(4)9(2)3/h9H,5-8H2,1-4H3. The maximum atomic E-state index is 5.36. The van der Waals surface area contributed by atoms with Crippen LogP contribution in [0.1, 0.15) is 27.2 Å². The molecule has 0 aromatic carbocycles. The summed E-state index contributed by atoms with van der Waals surface area (Å²) in [4.78, 5) is 2.29. The second kappa shape index (κ2) is 6.62. The lowest BCUT2D eigenvalue weighted by Gasteiger charge is -2.20. The highest BCUT2D eigenvalue weighted by Gasteiger charge is 2.00. The molecule has 2 heteroatoms. The van der Waals surface area contributed by atoms with Gasteiger partial charge in [-0.3, -0.25) is 0 Å². The first-order chi connectivity index (χ1) is 5.18. The Bertz CT molecular complexity index is 83.6. The van der Waals surface area contributed by atoms with E-state index in [1.165, 1.54) is 0 Å². The molecular weight excluding hydrogens is 138 g/mol. The van der Waals surface area contributed by atoms with Crippen LogP contribution in [0.15, 0.2) is 0 Å². The van der Waals surface area contributed by atoms with Crippen LogP contribution in [0.4, 0.5) is 0 Å². The molecule has 0 heterocycles. The topological polar surface area (TPSA) is 12.5 Å². The molecule has 11 heavy (non-hydrogen) atoms. The van der Waals surface area contributed by atoms with E-state index in [-0.39, 0.29) is 0 Å². The quantitative estimate of drug-likeness (QED) is 0.547. The molecule has 0 saturated carbocycles. The zero-order valence-electron chi connectivity index (χ0n) is 8.26. The van der Waals surface area contributed by atoms with Crippen molar-refractivity contribution < 1.29 is 4.74 Å². The van der Waals surface area contributed by atoms with Crippen LogP contribution < -0.4 is 0 Å². The molecule has 0 aliphatic heterocycles. The molecular formula is C9H21NO. The molecule has 0 bridgehead atoms. The Labute approximate surface area is 70.5 Å². The molecule has 0 atom stereocenters. The van der Waals surface area contributed by atoms with Crippen molar-refractivity contribution in [3.05, 3.63) is 0 Å². The maximum Gasteiger partial charge on any atom is 0.0593 e. The average molecular weight is 159 g/mol. The molecule has 0 aliphatic rings. The summed E-state index contributed by atoms with van der Waals surface area (Å²) >= 11 is 0. The van der Waals surface area contributed by atoms with Gasteiger partial charge in [-0.25, -0.2) is 0 Å². The van der Waals surface area contributed by atoms with Crippen molar-refractivity contribution in [1.29, 1.82) is 0 Å². The van der Waals surface area contributed by atoms with Crippen LogP contribution in [0, 0.1) is 0 Å². The minimum Gasteiger partial charge on any atom is -0.380 e. The summed E-state index contributed by atoms with van der Waals surface area (Å²) in [5, 5.41) is 0. The molecule has 0 amide bonds. The lowest BCUT2D eigenvalue weighted by Crippen LogP contribution is -2.29. The van der Waals surface area contributed by atoms with Crippen molar-refractivity contribution in [3.63, 3.8) is 0 Å². The van der Waals surface area contributed by atoms with Gasteiger partial charge in [0.15, 0.2) is 0 Å². The Morgan fingerprint density at radius 3 is 2.36 bits per heavy atom. The molecule has 0 aromatic heterocycles. The molecule has 0 spiro atoms. The summed E-state index contributed by atoms with van der Waals surface area (Å²) < 4.78 is 5.36. The van der Waals surface area contributed by atoms with Crippen LogP contribution in [0.3, 0.4) is 0 Å². The Morgan fingerprint density at radius 1 is 1.27 bits per heavy atom. The van der Waals surface area contributed by atoms with Crippen molar-refractivity contribution in [2.45, 2.75) is 33.2 Å². The molecule has 0 aromatic rings. The van der Waals surface area contributed by atoms with Gasteiger partial charge in [0.2, 0.25) is 0 Å². The first kappa shape index (κ1) is 10.9. The van der Waals surface area contributed by atoms with Crippen LogP contribution >= 0.6 is 0 Å². The summed E-state index contributed by atoms with van der Waals surface area (Å²) in [5.41, 5.74) is 0. The summed E-state index contributed by atoms with van der Waals surface area (Å²) in [6, 6.07) is 0.625. The van der Waals surface area contributed by atoms with E-state index in [1.807, 2.05) is 0 Å². The molecule has 0 fully saturated rings. The molecule has 0 rings (SSSR count). The van der Waals surface area contributed by atoms with E-state index in [4.69, 9.17) is 4.74 Å². The molecule has 0 radical (unpaired) electrons. The van der Waals surface area contributed by atoms with E-state index >= 15 is 0 Å². The Hall–Kier alpha value is -0.0800. The molecule has 0 N–H and O–H groups in total. The van der Waals surface area contributed by atoms with E-state index in [0.717, 1.165) is 26.2 Å². The van der Waals surface area contributed by atoms with Crippen LogP contribution in [-0.4, -0.2) is 37.7 Å². The first-order valence-corrected chi connectivity index (χ1v) is 4.46. The van der Waals surface area contributed by atoms with E-state index in [0.29, 0.717) is 6.04 Å². The van der Waals surface area contributed by atoms with Crippen LogP contribution in [0.25, 0.3) is 0 Å². The normalized spacial score (nSPS) is 11.5. The molecule has 0 aliphatic carbocycles. The maximum absolute atomic E-state index is 5.36. The predicted octanol–water partition coefficient (Wildman–Crippen LogP) is 1.75.